The van der Waals surface area contributed by atoms with Crippen molar-refractivity contribution in [3.05, 3.63) is 58.5 Å². The predicted octanol–water partition coefficient (Wildman–Crippen LogP) is 2.50. The minimum Gasteiger partial charge on any atom is -0.383 e. The van der Waals surface area contributed by atoms with Crippen molar-refractivity contribution in [2.75, 3.05) is 5.73 Å². The van der Waals surface area contributed by atoms with Gasteiger partial charge in [0.1, 0.15) is 11.6 Å². The number of nitrogens with zero attached hydrogens (tertiary/aromatic N) is 1. The molecule has 0 bridgehead atoms. The van der Waals surface area contributed by atoms with E-state index in [0.717, 1.165) is 0 Å². The Morgan fingerprint density at radius 3 is 2.59 bits per heavy atom. The summed E-state index contributed by atoms with van der Waals surface area (Å²) in [5, 5.41) is 0.0420. The third kappa shape index (κ3) is 2.23. The summed E-state index contributed by atoms with van der Waals surface area (Å²) in [7, 11) is 0. The molecule has 3 nitrogen and oxygen atoms in total. The molecule has 88 valence electrons. The molecule has 0 aliphatic carbocycles. The quantitative estimate of drug-likeness (QED) is 0.862. The second-order valence-electron chi connectivity index (χ2n) is 3.60. The zero-order valence-electron chi connectivity index (χ0n) is 8.90. The van der Waals surface area contributed by atoms with Gasteiger partial charge in [-0.3, -0.25) is 0 Å². The lowest BCUT2D eigenvalue weighted by Gasteiger charge is -2.15. The van der Waals surface area contributed by atoms with Gasteiger partial charge in [-0.15, -0.1) is 0 Å². The van der Waals surface area contributed by atoms with Crippen LogP contribution >= 0.6 is 11.6 Å². The fourth-order valence-electron chi connectivity index (χ4n) is 1.62. The van der Waals surface area contributed by atoms with Gasteiger partial charge < -0.3 is 11.5 Å². The Morgan fingerprint density at radius 2 is 1.88 bits per heavy atom. The van der Waals surface area contributed by atoms with E-state index in [9.17, 15) is 4.39 Å². The lowest BCUT2D eigenvalue weighted by molar-refractivity contribution is 0.600. The molecule has 1 heterocycles. The molecule has 4 N–H and O–H groups in total. The van der Waals surface area contributed by atoms with Crippen molar-refractivity contribution in [3.8, 4) is 0 Å². The summed E-state index contributed by atoms with van der Waals surface area (Å²) < 4.78 is 13.8. The van der Waals surface area contributed by atoms with Crippen molar-refractivity contribution >= 4 is 17.4 Å². The minimum atomic E-state index is -0.678. The molecule has 5 heteroatoms. The van der Waals surface area contributed by atoms with Gasteiger partial charge in [0.2, 0.25) is 0 Å². The van der Waals surface area contributed by atoms with E-state index in [-0.39, 0.29) is 5.02 Å². The number of nitrogens with two attached hydrogens (primary N) is 2. The van der Waals surface area contributed by atoms with E-state index >= 15 is 0 Å². The van der Waals surface area contributed by atoms with Gasteiger partial charge in [0.05, 0.1) is 11.1 Å². The lowest BCUT2D eigenvalue weighted by Crippen LogP contribution is -2.16. The maximum Gasteiger partial charge on any atom is 0.146 e. The first kappa shape index (κ1) is 11.8. The summed E-state index contributed by atoms with van der Waals surface area (Å²) in [6, 6.07) is 7.44. The molecule has 0 fully saturated rings. The highest BCUT2D eigenvalue weighted by Crippen LogP contribution is 2.28. The summed E-state index contributed by atoms with van der Waals surface area (Å²) in [5.74, 6) is -0.232. The van der Waals surface area contributed by atoms with Crippen LogP contribution in [0.2, 0.25) is 5.02 Å². The number of hydrogen-bond donors (Lipinski definition) is 2. The van der Waals surface area contributed by atoms with Gasteiger partial charge >= 0.3 is 0 Å². The number of benzene rings is 1. The van der Waals surface area contributed by atoms with E-state index < -0.39 is 11.9 Å². The molecule has 17 heavy (non-hydrogen) atoms. The SMILES string of the molecule is Nc1ncccc1C(N)c1cccc(Cl)c1F. The number of anilines is 1. The third-order valence-electron chi connectivity index (χ3n) is 2.52. The van der Waals surface area contributed by atoms with Crippen molar-refractivity contribution in [1.82, 2.24) is 4.98 Å². The molecule has 0 aliphatic rings. The van der Waals surface area contributed by atoms with Gasteiger partial charge in [-0.1, -0.05) is 29.8 Å². The number of pyridine rings is 1. The van der Waals surface area contributed by atoms with Crippen molar-refractivity contribution in [2.45, 2.75) is 6.04 Å². The molecule has 1 unspecified atom stereocenters. The van der Waals surface area contributed by atoms with Crippen LogP contribution in [0, 0.1) is 5.82 Å². The number of nitrogen functional groups attached to an aromatic ring is 1. The molecule has 2 rings (SSSR count). The molecule has 0 aliphatic heterocycles. The Labute approximate surface area is 103 Å². The smallest absolute Gasteiger partial charge is 0.146 e. The first-order valence-electron chi connectivity index (χ1n) is 5.01. The van der Waals surface area contributed by atoms with Crippen LogP contribution in [0.3, 0.4) is 0 Å². The second-order valence-corrected chi connectivity index (χ2v) is 4.01. The summed E-state index contributed by atoms with van der Waals surface area (Å²) in [6.07, 6.45) is 1.56. The first-order chi connectivity index (χ1) is 8.11. The topological polar surface area (TPSA) is 64.9 Å². The lowest BCUT2D eigenvalue weighted by atomic mass is 10.00. The molecule has 1 atom stereocenters. The van der Waals surface area contributed by atoms with Gasteiger partial charge in [-0.05, 0) is 12.1 Å². The van der Waals surface area contributed by atoms with Crippen molar-refractivity contribution in [3.63, 3.8) is 0 Å². The first-order valence-corrected chi connectivity index (χ1v) is 5.39. The molecule has 2 aromatic rings. The van der Waals surface area contributed by atoms with E-state index in [0.29, 0.717) is 16.9 Å². The number of halogens is 2. The van der Waals surface area contributed by atoms with Crippen LogP contribution in [0.25, 0.3) is 0 Å². The van der Waals surface area contributed by atoms with Crippen molar-refractivity contribution < 1.29 is 4.39 Å². The zero-order chi connectivity index (χ0) is 12.4. The van der Waals surface area contributed by atoms with E-state index in [4.69, 9.17) is 23.1 Å². The zero-order valence-corrected chi connectivity index (χ0v) is 9.66. The molecule has 0 saturated carbocycles. The highest BCUT2D eigenvalue weighted by molar-refractivity contribution is 6.30. The summed E-state index contributed by atoms with van der Waals surface area (Å²) >= 11 is 5.71. The molecule has 1 aromatic carbocycles. The van der Waals surface area contributed by atoms with E-state index in [1.165, 1.54) is 6.07 Å². The second kappa shape index (κ2) is 4.69. The monoisotopic (exact) mass is 251 g/mol. The van der Waals surface area contributed by atoms with Gasteiger partial charge in [-0.2, -0.15) is 0 Å². The van der Waals surface area contributed by atoms with Crippen LogP contribution in [-0.2, 0) is 0 Å². The van der Waals surface area contributed by atoms with Gasteiger partial charge in [-0.25, -0.2) is 9.37 Å². The predicted molar refractivity (Wildman–Crippen MR) is 66.1 cm³/mol. The summed E-state index contributed by atoms with van der Waals surface area (Å²) in [6.45, 7) is 0. The molecule has 0 amide bonds. The third-order valence-corrected chi connectivity index (χ3v) is 2.81. The standard InChI is InChI=1S/C12H11ClFN3/c13-9-5-1-3-7(10(9)14)11(15)8-4-2-6-17-12(8)16/h1-6,11H,15H2,(H2,16,17). The Hall–Kier alpha value is -1.65. The highest BCUT2D eigenvalue weighted by atomic mass is 35.5. The molecule has 0 saturated heterocycles. The highest BCUT2D eigenvalue weighted by Gasteiger charge is 2.17. The van der Waals surface area contributed by atoms with Crippen molar-refractivity contribution in [2.24, 2.45) is 5.73 Å². The maximum absolute atomic E-state index is 13.8. The van der Waals surface area contributed by atoms with Crippen molar-refractivity contribution in [1.29, 1.82) is 0 Å². The van der Waals surface area contributed by atoms with Crippen LogP contribution in [0.5, 0.6) is 0 Å². The maximum atomic E-state index is 13.8. The van der Waals surface area contributed by atoms with Gasteiger partial charge in [0.25, 0.3) is 0 Å². The number of aromatic nitrogens is 1. The average molecular weight is 252 g/mol. The van der Waals surface area contributed by atoms with Crippen LogP contribution in [0.4, 0.5) is 10.2 Å². The van der Waals surface area contributed by atoms with E-state index in [1.807, 2.05) is 0 Å². The van der Waals surface area contributed by atoms with Crippen LogP contribution < -0.4 is 11.5 Å². The van der Waals surface area contributed by atoms with Crippen LogP contribution in [0.1, 0.15) is 17.2 Å². The molecule has 1 aromatic heterocycles. The van der Waals surface area contributed by atoms with Gasteiger partial charge in [0.15, 0.2) is 0 Å². The van der Waals surface area contributed by atoms with Crippen LogP contribution in [-0.4, -0.2) is 4.98 Å². The Kier molecular flexibility index (Phi) is 3.26. The average Bonchev–Trinajstić information content (AvgIpc) is 2.32. The molecule has 0 spiro atoms. The fraction of sp³-hybridized carbons (Fsp3) is 0.0833. The Morgan fingerprint density at radius 1 is 1.18 bits per heavy atom. The van der Waals surface area contributed by atoms with Gasteiger partial charge in [0, 0.05) is 17.3 Å². The fourth-order valence-corrected chi connectivity index (χ4v) is 1.80. The van der Waals surface area contributed by atoms with E-state index in [1.54, 1.807) is 30.5 Å². The number of rotatable bonds is 2. The largest absolute Gasteiger partial charge is 0.383 e. The number of hydrogen-bond acceptors (Lipinski definition) is 3. The van der Waals surface area contributed by atoms with Crippen LogP contribution in [0.15, 0.2) is 36.5 Å². The molecule has 0 radical (unpaired) electrons. The molecular formula is C12H11ClFN3. The minimum absolute atomic E-state index is 0.0420. The molecular weight excluding hydrogens is 241 g/mol. The Bertz CT molecular complexity index is 545. The Balaban J connectivity index is 2.48. The summed E-state index contributed by atoms with van der Waals surface area (Å²) in [4.78, 5) is 3.92. The normalized spacial score (nSPS) is 12.4. The summed E-state index contributed by atoms with van der Waals surface area (Å²) in [5.41, 5.74) is 12.5. The van der Waals surface area contributed by atoms with E-state index in [2.05, 4.69) is 4.98 Å².